The quantitative estimate of drug-likeness (QED) is 0.733. The number of hydrogen-bond donors (Lipinski definition) is 3. The Kier molecular flexibility index (Phi) is 4.52. The molecule has 1 heterocycles. The summed E-state index contributed by atoms with van der Waals surface area (Å²) in [5.74, 6) is -0.770. The molecule has 16 heavy (non-hydrogen) atoms. The number of carboxylic acid groups (broad SMARTS) is 1. The summed E-state index contributed by atoms with van der Waals surface area (Å²) < 4.78 is 0. The molecule has 0 aromatic carbocycles. The molecule has 0 aliphatic heterocycles. The molecule has 1 rings (SSSR count). The molecule has 0 radical (unpaired) electrons. The molecular formula is C10H13ClN2O3. The summed E-state index contributed by atoms with van der Waals surface area (Å²) in [6.45, 7) is 2.15. The van der Waals surface area contributed by atoms with Crippen LogP contribution in [0.5, 0.6) is 0 Å². The Hall–Kier alpha value is -1.33. The van der Waals surface area contributed by atoms with E-state index in [9.17, 15) is 4.79 Å². The zero-order valence-corrected chi connectivity index (χ0v) is 9.53. The Labute approximate surface area is 98.1 Å². The molecule has 0 amide bonds. The van der Waals surface area contributed by atoms with Gasteiger partial charge in [-0.1, -0.05) is 11.6 Å². The highest BCUT2D eigenvalue weighted by atomic mass is 35.5. The number of aromatic carboxylic acids is 1. The molecule has 6 heteroatoms. The van der Waals surface area contributed by atoms with E-state index in [0.717, 1.165) is 0 Å². The van der Waals surface area contributed by atoms with Crippen molar-refractivity contribution in [1.82, 2.24) is 4.98 Å². The van der Waals surface area contributed by atoms with Crippen molar-refractivity contribution in [1.29, 1.82) is 0 Å². The van der Waals surface area contributed by atoms with Gasteiger partial charge in [-0.25, -0.2) is 9.78 Å². The summed E-state index contributed by atoms with van der Waals surface area (Å²) in [5, 5.41) is 20.8. The predicted molar refractivity (Wildman–Crippen MR) is 61.0 cm³/mol. The fourth-order valence-corrected chi connectivity index (χ4v) is 1.39. The van der Waals surface area contributed by atoms with Gasteiger partial charge in [0, 0.05) is 12.7 Å². The number of nitrogens with zero attached hydrogens (tertiary/aromatic N) is 1. The average molecular weight is 245 g/mol. The number of rotatable bonds is 5. The first-order valence-corrected chi connectivity index (χ1v) is 5.20. The van der Waals surface area contributed by atoms with Crippen LogP contribution >= 0.6 is 11.6 Å². The molecule has 1 atom stereocenters. The van der Waals surface area contributed by atoms with E-state index in [1.165, 1.54) is 12.3 Å². The molecule has 3 N–H and O–H groups in total. The van der Waals surface area contributed by atoms with Gasteiger partial charge in [0.1, 0.15) is 5.82 Å². The number of hydrogen-bond acceptors (Lipinski definition) is 4. The van der Waals surface area contributed by atoms with Gasteiger partial charge in [-0.3, -0.25) is 0 Å². The van der Waals surface area contributed by atoms with E-state index in [0.29, 0.717) is 18.8 Å². The number of aromatic nitrogens is 1. The summed E-state index contributed by atoms with van der Waals surface area (Å²) in [6, 6.07) is 1.34. The fraction of sp³-hybridized carbons (Fsp3) is 0.400. The normalized spacial score (nSPS) is 12.2. The molecule has 0 bridgehead atoms. The Balaban J connectivity index is 2.73. The van der Waals surface area contributed by atoms with Gasteiger partial charge in [-0.15, -0.1) is 0 Å². The molecular weight excluding hydrogens is 232 g/mol. The largest absolute Gasteiger partial charge is 0.478 e. The van der Waals surface area contributed by atoms with E-state index in [1.54, 1.807) is 6.92 Å². The number of aliphatic hydroxyl groups excluding tert-OH is 1. The van der Waals surface area contributed by atoms with Crippen molar-refractivity contribution in [3.63, 3.8) is 0 Å². The maximum absolute atomic E-state index is 10.8. The third kappa shape index (κ3) is 3.36. The lowest BCUT2D eigenvalue weighted by atomic mass is 10.2. The van der Waals surface area contributed by atoms with E-state index in [-0.39, 0.29) is 10.6 Å². The summed E-state index contributed by atoms with van der Waals surface area (Å²) in [6.07, 6.45) is 1.49. The van der Waals surface area contributed by atoms with Crippen LogP contribution in [0.4, 0.5) is 5.82 Å². The molecule has 1 aromatic rings. The highest BCUT2D eigenvalue weighted by Crippen LogP contribution is 2.23. The van der Waals surface area contributed by atoms with E-state index in [2.05, 4.69) is 10.3 Å². The summed E-state index contributed by atoms with van der Waals surface area (Å²) >= 11 is 5.85. The lowest BCUT2D eigenvalue weighted by molar-refractivity contribution is 0.0697. The summed E-state index contributed by atoms with van der Waals surface area (Å²) in [4.78, 5) is 14.7. The van der Waals surface area contributed by atoms with E-state index in [1.807, 2.05) is 0 Å². The predicted octanol–water partition coefficient (Wildman–Crippen LogP) is 1.62. The highest BCUT2D eigenvalue weighted by molar-refractivity contribution is 6.35. The van der Waals surface area contributed by atoms with Crippen molar-refractivity contribution in [2.24, 2.45) is 0 Å². The second-order valence-corrected chi connectivity index (χ2v) is 3.77. The molecule has 0 saturated carbocycles. The van der Waals surface area contributed by atoms with Crippen molar-refractivity contribution in [3.8, 4) is 0 Å². The number of carboxylic acids is 1. The third-order valence-electron chi connectivity index (χ3n) is 1.97. The zero-order valence-electron chi connectivity index (χ0n) is 8.77. The second-order valence-electron chi connectivity index (χ2n) is 3.39. The van der Waals surface area contributed by atoms with Crippen LogP contribution in [0.25, 0.3) is 0 Å². The van der Waals surface area contributed by atoms with Crippen LogP contribution in [-0.2, 0) is 0 Å². The summed E-state index contributed by atoms with van der Waals surface area (Å²) in [7, 11) is 0. The van der Waals surface area contributed by atoms with Gasteiger partial charge < -0.3 is 15.5 Å². The van der Waals surface area contributed by atoms with Crippen molar-refractivity contribution in [2.75, 3.05) is 11.9 Å². The molecule has 1 aromatic heterocycles. The molecule has 0 saturated heterocycles. The van der Waals surface area contributed by atoms with Crippen molar-refractivity contribution < 1.29 is 15.0 Å². The van der Waals surface area contributed by atoms with Gasteiger partial charge in [0.05, 0.1) is 16.7 Å². The Bertz CT molecular complexity index is 382. The van der Waals surface area contributed by atoms with E-state index >= 15 is 0 Å². The van der Waals surface area contributed by atoms with Crippen molar-refractivity contribution in [2.45, 2.75) is 19.4 Å². The minimum absolute atomic E-state index is 0.0104. The van der Waals surface area contributed by atoms with Crippen molar-refractivity contribution in [3.05, 3.63) is 22.8 Å². The lowest BCUT2D eigenvalue weighted by Crippen LogP contribution is -2.11. The second kappa shape index (κ2) is 5.67. The number of aliphatic hydroxyl groups is 1. The van der Waals surface area contributed by atoms with Crippen LogP contribution in [0.2, 0.25) is 5.02 Å². The molecule has 1 unspecified atom stereocenters. The summed E-state index contributed by atoms with van der Waals surface area (Å²) in [5.41, 5.74) is 0.0104. The van der Waals surface area contributed by atoms with Gasteiger partial charge in [0.25, 0.3) is 0 Å². The number of halogens is 1. The Morgan fingerprint density at radius 2 is 2.38 bits per heavy atom. The topological polar surface area (TPSA) is 82.5 Å². The Morgan fingerprint density at radius 1 is 1.69 bits per heavy atom. The minimum atomic E-state index is -1.09. The average Bonchev–Trinajstić information content (AvgIpc) is 2.19. The monoisotopic (exact) mass is 244 g/mol. The lowest BCUT2D eigenvalue weighted by Gasteiger charge is -2.09. The molecule has 0 spiro atoms. The van der Waals surface area contributed by atoms with Gasteiger partial charge >= 0.3 is 5.97 Å². The van der Waals surface area contributed by atoms with Crippen LogP contribution in [0, 0.1) is 0 Å². The first kappa shape index (κ1) is 12.7. The van der Waals surface area contributed by atoms with Crippen LogP contribution in [0.1, 0.15) is 23.7 Å². The maximum Gasteiger partial charge on any atom is 0.337 e. The fourth-order valence-electron chi connectivity index (χ4n) is 1.13. The minimum Gasteiger partial charge on any atom is -0.478 e. The van der Waals surface area contributed by atoms with Gasteiger partial charge in [-0.05, 0) is 19.4 Å². The molecule has 0 fully saturated rings. The molecule has 5 nitrogen and oxygen atoms in total. The first-order valence-electron chi connectivity index (χ1n) is 4.82. The zero-order chi connectivity index (χ0) is 12.1. The van der Waals surface area contributed by atoms with E-state index in [4.69, 9.17) is 21.8 Å². The first-order chi connectivity index (χ1) is 7.52. The van der Waals surface area contributed by atoms with Gasteiger partial charge in [-0.2, -0.15) is 0 Å². The SMILES string of the molecule is CC(O)CCNc1nccc(C(=O)O)c1Cl. The number of pyridine rings is 1. The third-order valence-corrected chi connectivity index (χ3v) is 2.36. The van der Waals surface area contributed by atoms with Gasteiger partial charge in [0.15, 0.2) is 0 Å². The maximum atomic E-state index is 10.8. The molecule has 88 valence electrons. The number of carbonyl (C=O) groups is 1. The number of anilines is 1. The van der Waals surface area contributed by atoms with Crippen molar-refractivity contribution >= 4 is 23.4 Å². The smallest absolute Gasteiger partial charge is 0.337 e. The Morgan fingerprint density at radius 3 is 2.94 bits per heavy atom. The van der Waals surface area contributed by atoms with Crippen LogP contribution < -0.4 is 5.32 Å². The molecule has 0 aliphatic rings. The molecule has 0 aliphatic carbocycles. The number of nitrogens with one attached hydrogen (secondary N) is 1. The highest BCUT2D eigenvalue weighted by Gasteiger charge is 2.12. The van der Waals surface area contributed by atoms with Crippen LogP contribution in [0.15, 0.2) is 12.3 Å². The van der Waals surface area contributed by atoms with E-state index < -0.39 is 12.1 Å². The van der Waals surface area contributed by atoms with Crippen LogP contribution in [0.3, 0.4) is 0 Å². The standard InChI is InChI=1S/C10H13ClN2O3/c1-6(14)2-4-12-9-8(11)7(10(15)16)3-5-13-9/h3,5-6,14H,2,4H2,1H3,(H,12,13)(H,15,16). The van der Waals surface area contributed by atoms with Crippen LogP contribution in [-0.4, -0.2) is 33.8 Å². The van der Waals surface area contributed by atoms with Gasteiger partial charge in [0.2, 0.25) is 0 Å².